The number of carbonyl (C=O) groups excluding carboxylic acids is 2. The highest BCUT2D eigenvalue weighted by atomic mass is 16.3. The van der Waals surface area contributed by atoms with Gasteiger partial charge in [0.15, 0.2) is 11.5 Å². The highest BCUT2D eigenvalue weighted by molar-refractivity contribution is 5.98. The first kappa shape index (κ1) is 23.9. The van der Waals surface area contributed by atoms with Gasteiger partial charge in [-0.2, -0.15) is 0 Å². The number of piperidine rings is 1. The fourth-order valence-electron chi connectivity index (χ4n) is 5.58. The first-order chi connectivity index (χ1) is 18.6. The van der Waals surface area contributed by atoms with Gasteiger partial charge in [-0.15, -0.1) is 0 Å². The SMILES string of the molecule is O=C(c1ccc(C#Cc2ccccc2)o1)N1CCC2(CCN(C(=O)c3ccccc3-n3cccc3)CC2)C1. The third kappa shape index (κ3) is 4.76. The fraction of sp³-hybridized carbons (Fsp3) is 0.250. The topological polar surface area (TPSA) is 58.7 Å². The predicted octanol–water partition coefficient (Wildman–Crippen LogP) is 5.24. The lowest BCUT2D eigenvalue weighted by Gasteiger charge is -2.39. The van der Waals surface area contributed by atoms with Gasteiger partial charge in [-0.3, -0.25) is 9.59 Å². The second kappa shape index (κ2) is 10.1. The largest absolute Gasteiger partial charge is 0.443 e. The van der Waals surface area contributed by atoms with Crippen LogP contribution in [0.5, 0.6) is 0 Å². The zero-order valence-corrected chi connectivity index (χ0v) is 21.2. The summed E-state index contributed by atoms with van der Waals surface area (Å²) >= 11 is 0. The first-order valence-corrected chi connectivity index (χ1v) is 13.1. The van der Waals surface area contributed by atoms with Crippen LogP contribution in [0.1, 0.15) is 51.5 Å². The number of hydrogen-bond acceptors (Lipinski definition) is 3. The van der Waals surface area contributed by atoms with E-state index in [1.165, 1.54) is 0 Å². The van der Waals surface area contributed by atoms with Crippen LogP contribution in [-0.2, 0) is 0 Å². The van der Waals surface area contributed by atoms with Crippen molar-refractivity contribution in [2.24, 2.45) is 5.41 Å². The van der Waals surface area contributed by atoms with Crippen LogP contribution in [0.2, 0.25) is 0 Å². The molecule has 6 heteroatoms. The molecule has 4 aromatic rings. The van der Waals surface area contributed by atoms with E-state index < -0.39 is 0 Å². The highest BCUT2D eigenvalue weighted by Crippen LogP contribution is 2.41. The summed E-state index contributed by atoms with van der Waals surface area (Å²) in [6, 6.07) is 24.8. The molecule has 4 heterocycles. The molecule has 38 heavy (non-hydrogen) atoms. The van der Waals surface area contributed by atoms with Crippen LogP contribution in [0.15, 0.2) is 95.7 Å². The maximum absolute atomic E-state index is 13.4. The molecule has 0 aliphatic carbocycles. The number of amides is 2. The summed E-state index contributed by atoms with van der Waals surface area (Å²) in [5.41, 5.74) is 2.56. The summed E-state index contributed by atoms with van der Waals surface area (Å²) in [5.74, 6) is 6.85. The van der Waals surface area contributed by atoms with Crippen molar-refractivity contribution in [2.45, 2.75) is 19.3 Å². The van der Waals surface area contributed by atoms with Crippen LogP contribution >= 0.6 is 0 Å². The smallest absolute Gasteiger partial charge is 0.289 e. The van der Waals surface area contributed by atoms with Gasteiger partial charge in [-0.25, -0.2) is 0 Å². The van der Waals surface area contributed by atoms with Crippen molar-refractivity contribution in [3.05, 3.63) is 114 Å². The Kier molecular flexibility index (Phi) is 6.35. The molecular formula is C32H29N3O3. The molecule has 2 aliphatic rings. The predicted molar refractivity (Wildman–Crippen MR) is 145 cm³/mol. The summed E-state index contributed by atoms with van der Waals surface area (Å²) in [6.45, 7) is 2.79. The number of carbonyl (C=O) groups is 2. The zero-order chi connectivity index (χ0) is 26.0. The normalized spacial score (nSPS) is 16.3. The molecule has 0 atom stereocenters. The van der Waals surface area contributed by atoms with E-state index in [4.69, 9.17) is 4.42 Å². The number of furan rings is 1. The lowest BCUT2D eigenvalue weighted by Crippen LogP contribution is -2.44. The van der Waals surface area contributed by atoms with Gasteiger partial charge in [-0.05, 0) is 79.1 Å². The molecule has 0 bridgehead atoms. The minimum Gasteiger partial charge on any atom is -0.443 e. The van der Waals surface area contributed by atoms with Crippen molar-refractivity contribution in [1.29, 1.82) is 0 Å². The van der Waals surface area contributed by atoms with Crippen LogP contribution in [0.3, 0.4) is 0 Å². The molecule has 190 valence electrons. The molecule has 2 aromatic carbocycles. The molecule has 0 radical (unpaired) electrons. The van der Waals surface area contributed by atoms with Crippen LogP contribution in [-0.4, -0.2) is 52.4 Å². The molecular weight excluding hydrogens is 474 g/mol. The average molecular weight is 504 g/mol. The van der Waals surface area contributed by atoms with Gasteiger partial charge in [-0.1, -0.05) is 36.3 Å². The van der Waals surface area contributed by atoms with Gasteiger partial charge in [0, 0.05) is 44.1 Å². The van der Waals surface area contributed by atoms with Crippen molar-refractivity contribution in [3.8, 4) is 17.5 Å². The molecule has 2 saturated heterocycles. The van der Waals surface area contributed by atoms with Crippen molar-refractivity contribution in [3.63, 3.8) is 0 Å². The van der Waals surface area contributed by atoms with Crippen LogP contribution in [0, 0.1) is 17.3 Å². The molecule has 0 N–H and O–H groups in total. The van der Waals surface area contributed by atoms with Gasteiger partial charge in [0.2, 0.25) is 0 Å². The maximum atomic E-state index is 13.4. The number of para-hydroxylation sites is 1. The number of aromatic nitrogens is 1. The molecule has 2 aliphatic heterocycles. The Morgan fingerprint density at radius 3 is 2.16 bits per heavy atom. The third-order valence-electron chi connectivity index (χ3n) is 7.77. The minimum absolute atomic E-state index is 0.0505. The maximum Gasteiger partial charge on any atom is 0.289 e. The van der Waals surface area contributed by atoms with E-state index in [1.807, 2.05) is 93.5 Å². The Bertz CT molecular complexity index is 1500. The molecule has 6 rings (SSSR count). The molecule has 6 nitrogen and oxygen atoms in total. The number of nitrogens with zero attached hydrogens (tertiary/aromatic N) is 3. The molecule has 2 aromatic heterocycles. The summed E-state index contributed by atoms with van der Waals surface area (Å²) in [5, 5.41) is 0. The van der Waals surface area contributed by atoms with E-state index in [2.05, 4.69) is 11.8 Å². The third-order valence-corrected chi connectivity index (χ3v) is 7.77. The summed E-state index contributed by atoms with van der Waals surface area (Å²) < 4.78 is 7.75. The van der Waals surface area contributed by atoms with E-state index in [1.54, 1.807) is 12.1 Å². The van der Waals surface area contributed by atoms with Gasteiger partial charge >= 0.3 is 0 Å². The van der Waals surface area contributed by atoms with Crippen molar-refractivity contribution in [1.82, 2.24) is 14.4 Å². The van der Waals surface area contributed by atoms with Crippen molar-refractivity contribution in [2.75, 3.05) is 26.2 Å². The molecule has 2 amide bonds. The van der Waals surface area contributed by atoms with Gasteiger partial charge in [0.25, 0.3) is 11.8 Å². The van der Waals surface area contributed by atoms with Crippen LogP contribution in [0.25, 0.3) is 5.69 Å². The number of rotatable bonds is 3. The van der Waals surface area contributed by atoms with Crippen molar-refractivity contribution < 1.29 is 14.0 Å². The van der Waals surface area contributed by atoms with E-state index in [0.29, 0.717) is 43.3 Å². The quantitative estimate of drug-likeness (QED) is 0.360. The number of hydrogen-bond donors (Lipinski definition) is 0. The van der Waals surface area contributed by atoms with E-state index in [9.17, 15) is 9.59 Å². The Morgan fingerprint density at radius 2 is 1.39 bits per heavy atom. The van der Waals surface area contributed by atoms with E-state index in [0.717, 1.165) is 30.5 Å². The highest BCUT2D eigenvalue weighted by Gasteiger charge is 2.43. The summed E-state index contributed by atoms with van der Waals surface area (Å²) in [7, 11) is 0. The first-order valence-electron chi connectivity index (χ1n) is 13.1. The Labute approximate surface area is 222 Å². The summed E-state index contributed by atoms with van der Waals surface area (Å²) in [4.78, 5) is 30.5. The Balaban J connectivity index is 1.08. The second-order valence-corrected chi connectivity index (χ2v) is 10.2. The van der Waals surface area contributed by atoms with Gasteiger partial charge < -0.3 is 18.8 Å². The fourth-order valence-corrected chi connectivity index (χ4v) is 5.58. The van der Waals surface area contributed by atoms with Crippen molar-refractivity contribution >= 4 is 11.8 Å². The number of likely N-dealkylation sites (tertiary alicyclic amines) is 2. The lowest BCUT2D eigenvalue weighted by molar-refractivity contribution is 0.0560. The molecule has 0 unspecified atom stereocenters. The Morgan fingerprint density at radius 1 is 0.711 bits per heavy atom. The standard InChI is InChI=1S/C32H29N3O3/c36-30(27-10-4-5-11-28(27)33-19-6-7-20-33)34-21-16-32(17-22-34)18-23-35(24-32)31(37)29-15-14-26(38-29)13-12-25-8-2-1-3-9-25/h1-11,14-15,19-20H,16-18,21-24H2. The molecule has 1 spiro atoms. The molecule has 2 fully saturated rings. The second-order valence-electron chi connectivity index (χ2n) is 10.2. The average Bonchev–Trinajstić information content (AvgIpc) is 3.74. The van der Waals surface area contributed by atoms with E-state index in [-0.39, 0.29) is 17.2 Å². The number of benzene rings is 2. The summed E-state index contributed by atoms with van der Waals surface area (Å²) in [6.07, 6.45) is 6.64. The van der Waals surface area contributed by atoms with Crippen LogP contribution < -0.4 is 0 Å². The lowest BCUT2D eigenvalue weighted by atomic mass is 9.77. The Hall–Kier alpha value is -4.50. The van der Waals surface area contributed by atoms with Gasteiger partial charge in [0.1, 0.15) is 0 Å². The van der Waals surface area contributed by atoms with Crippen LogP contribution in [0.4, 0.5) is 0 Å². The van der Waals surface area contributed by atoms with Gasteiger partial charge in [0.05, 0.1) is 11.3 Å². The monoisotopic (exact) mass is 503 g/mol. The molecule has 0 saturated carbocycles. The van der Waals surface area contributed by atoms with E-state index >= 15 is 0 Å². The zero-order valence-electron chi connectivity index (χ0n) is 21.2. The minimum atomic E-state index is -0.0891.